The van der Waals surface area contributed by atoms with Crippen LogP contribution in [0, 0.1) is 29.6 Å². The summed E-state index contributed by atoms with van der Waals surface area (Å²) in [5, 5.41) is 7.04. The number of nitrogens with zero attached hydrogens (tertiary/aromatic N) is 1. The van der Waals surface area contributed by atoms with E-state index in [9.17, 15) is 4.79 Å². The maximum atomic E-state index is 13.1. The van der Waals surface area contributed by atoms with E-state index in [2.05, 4.69) is 15.5 Å². The summed E-state index contributed by atoms with van der Waals surface area (Å²) in [5.41, 5.74) is 0. The lowest BCUT2D eigenvalue weighted by Gasteiger charge is -2.54. The molecule has 2 N–H and O–H groups in total. The second-order valence-electron chi connectivity index (χ2n) is 9.81. The van der Waals surface area contributed by atoms with Gasteiger partial charge in [0.1, 0.15) is 0 Å². The molecule has 4 nitrogen and oxygen atoms in total. The van der Waals surface area contributed by atoms with Crippen LogP contribution in [0.25, 0.3) is 0 Å². The minimum atomic E-state index is 0.159. The predicted molar refractivity (Wildman–Crippen MR) is 99.2 cm³/mol. The van der Waals surface area contributed by atoms with Crippen LogP contribution in [-0.4, -0.2) is 49.1 Å². The van der Waals surface area contributed by atoms with E-state index >= 15 is 0 Å². The standard InChI is InChI=1S/C21H35N3O/c25-21(19-2-1-7-24(19)13-14-3-5-22-6-4-14)23-20-17-9-15-8-16(11-17)12-18(20)10-15/h14-20,22H,1-13H2,(H,23,25)/t15?,16?,17?,18?,19-,20?/m1/s1. The van der Waals surface area contributed by atoms with Gasteiger partial charge in [-0.15, -0.1) is 0 Å². The average molecular weight is 346 g/mol. The average Bonchev–Trinajstić information content (AvgIpc) is 3.06. The monoisotopic (exact) mass is 345 g/mol. The predicted octanol–water partition coefficient (Wildman–Crippen LogP) is 2.39. The number of rotatable bonds is 4. The van der Waals surface area contributed by atoms with Crippen LogP contribution in [0.15, 0.2) is 0 Å². The fraction of sp³-hybridized carbons (Fsp3) is 0.952. The van der Waals surface area contributed by atoms with E-state index in [1.54, 1.807) is 0 Å². The van der Waals surface area contributed by atoms with Crippen LogP contribution in [-0.2, 0) is 4.79 Å². The summed E-state index contributed by atoms with van der Waals surface area (Å²) in [5.74, 6) is 4.70. The van der Waals surface area contributed by atoms with Crippen molar-refractivity contribution in [3.63, 3.8) is 0 Å². The van der Waals surface area contributed by atoms with Crippen LogP contribution >= 0.6 is 0 Å². The minimum absolute atomic E-state index is 0.159. The molecule has 140 valence electrons. The molecule has 0 radical (unpaired) electrons. The minimum Gasteiger partial charge on any atom is -0.351 e. The molecule has 0 unspecified atom stereocenters. The Morgan fingerprint density at radius 1 is 0.960 bits per heavy atom. The first-order chi connectivity index (χ1) is 12.3. The Bertz CT molecular complexity index is 473. The Balaban J connectivity index is 1.20. The van der Waals surface area contributed by atoms with Crippen LogP contribution < -0.4 is 10.6 Å². The molecule has 6 rings (SSSR count). The highest BCUT2D eigenvalue weighted by Crippen LogP contribution is 2.53. The number of hydrogen-bond donors (Lipinski definition) is 2. The highest BCUT2D eigenvalue weighted by molar-refractivity contribution is 5.82. The van der Waals surface area contributed by atoms with E-state index in [-0.39, 0.29) is 6.04 Å². The number of hydrogen-bond acceptors (Lipinski definition) is 3. The Morgan fingerprint density at radius 3 is 2.32 bits per heavy atom. The summed E-state index contributed by atoms with van der Waals surface area (Å²) in [4.78, 5) is 15.6. The van der Waals surface area contributed by atoms with Gasteiger partial charge in [-0.3, -0.25) is 9.69 Å². The van der Waals surface area contributed by atoms with Crippen molar-refractivity contribution in [1.29, 1.82) is 0 Å². The van der Waals surface area contributed by atoms with Gasteiger partial charge in [-0.05, 0) is 107 Å². The second kappa shape index (κ2) is 6.84. The molecule has 6 fully saturated rings. The molecule has 0 aromatic heterocycles. The summed E-state index contributed by atoms with van der Waals surface area (Å²) < 4.78 is 0. The van der Waals surface area contributed by atoms with Crippen molar-refractivity contribution in [3.05, 3.63) is 0 Å². The maximum absolute atomic E-state index is 13.1. The quantitative estimate of drug-likeness (QED) is 0.822. The molecule has 0 aromatic rings. The van der Waals surface area contributed by atoms with Crippen LogP contribution in [0.3, 0.4) is 0 Å². The topological polar surface area (TPSA) is 44.4 Å². The number of amides is 1. The largest absolute Gasteiger partial charge is 0.351 e. The van der Waals surface area contributed by atoms with Crippen LogP contribution in [0.2, 0.25) is 0 Å². The molecular weight excluding hydrogens is 310 g/mol. The first-order valence-electron chi connectivity index (χ1n) is 11.0. The third-order valence-electron chi connectivity index (χ3n) is 8.15. The maximum Gasteiger partial charge on any atom is 0.237 e. The fourth-order valence-electron chi connectivity index (χ4n) is 7.16. The smallest absolute Gasteiger partial charge is 0.237 e. The van der Waals surface area contributed by atoms with Crippen molar-refractivity contribution in [2.75, 3.05) is 26.2 Å². The number of likely N-dealkylation sites (tertiary alicyclic amines) is 1. The van der Waals surface area contributed by atoms with Crippen molar-refractivity contribution in [2.24, 2.45) is 29.6 Å². The second-order valence-corrected chi connectivity index (χ2v) is 9.81. The molecule has 4 heteroatoms. The molecule has 4 bridgehead atoms. The molecular formula is C21H35N3O. The van der Waals surface area contributed by atoms with Gasteiger partial charge in [-0.2, -0.15) is 0 Å². The van der Waals surface area contributed by atoms with E-state index < -0.39 is 0 Å². The van der Waals surface area contributed by atoms with Gasteiger partial charge >= 0.3 is 0 Å². The van der Waals surface area contributed by atoms with Crippen molar-refractivity contribution >= 4 is 5.91 Å². The Kier molecular flexibility index (Phi) is 4.53. The molecule has 1 amide bonds. The summed E-state index contributed by atoms with van der Waals surface area (Å²) in [6.45, 7) is 4.58. The Morgan fingerprint density at radius 2 is 1.64 bits per heavy atom. The zero-order valence-electron chi connectivity index (χ0n) is 15.6. The lowest BCUT2D eigenvalue weighted by molar-refractivity contribution is -0.129. The van der Waals surface area contributed by atoms with Crippen LogP contribution in [0.4, 0.5) is 0 Å². The Labute approximate surface area is 152 Å². The van der Waals surface area contributed by atoms with Crippen molar-refractivity contribution < 1.29 is 4.79 Å². The van der Waals surface area contributed by atoms with E-state index in [0.717, 1.165) is 62.2 Å². The number of piperidine rings is 1. The zero-order valence-corrected chi connectivity index (χ0v) is 15.6. The number of carbonyl (C=O) groups is 1. The highest BCUT2D eigenvalue weighted by atomic mass is 16.2. The highest BCUT2D eigenvalue weighted by Gasteiger charge is 2.49. The molecule has 1 atom stereocenters. The van der Waals surface area contributed by atoms with E-state index in [1.165, 1.54) is 51.4 Å². The van der Waals surface area contributed by atoms with E-state index in [4.69, 9.17) is 0 Å². The normalized spacial score (nSPS) is 44.3. The molecule has 0 spiro atoms. The van der Waals surface area contributed by atoms with Crippen LogP contribution in [0.5, 0.6) is 0 Å². The Hall–Kier alpha value is -0.610. The van der Waals surface area contributed by atoms with E-state index in [0.29, 0.717) is 11.9 Å². The van der Waals surface area contributed by atoms with Gasteiger partial charge < -0.3 is 10.6 Å². The first-order valence-corrected chi connectivity index (χ1v) is 11.0. The summed E-state index contributed by atoms with van der Waals surface area (Å²) in [6, 6.07) is 0.661. The summed E-state index contributed by atoms with van der Waals surface area (Å²) >= 11 is 0. The van der Waals surface area contributed by atoms with E-state index in [1.807, 2.05) is 0 Å². The van der Waals surface area contributed by atoms with Gasteiger partial charge in [0, 0.05) is 12.6 Å². The first kappa shape index (κ1) is 16.6. The fourth-order valence-corrected chi connectivity index (χ4v) is 7.16. The molecule has 2 saturated heterocycles. The van der Waals surface area contributed by atoms with Crippen LogP contribution in [0.1, 0.15) is 57.8 Å². The molecule has 2 aliphatic heterocycles. The van der Waals surface area contributed by atoms with Crippen molar-refractivity contribution in [3.8, 4) is 0 Å². The van der Waals surface area contributed by atoms with Crippen molar-refractivity contribution in [1.82, 2.24) is 15.5 Å². The van der Waals surface area contributed by atoms with Gasteiger partial charge in [0.05, 0.1) is 6.04 Å². The molecule has 0 aromatic carbocycles. The van der Waals surface area contributed by atoms with Gasteiger partial charge in [0.2, 0.25) is 5.91 Å². The third kappa shape index (κ3) is 3.25. The molecule has 25 heavy (non-hydrogen) atoms. The van der Waals surface area contributed by atoms with Gasteiger partial charge in [-0.25, -0.2) is 0 Å². The number of carbonyl (C=O) groups excluding carboxylic acids is 1. The van der Waals surface area contributed by atoms with Gasteiger partial charge in [-0.1, -0.05) is 0 Å². The SMILES string of the molecule is O=C(NC1C2CC3CC(C2)CC1C3)[C@H]1CCCN1CC1CCNCC1. The lowest BCUT2D eigenvalue weighted by atomic mass is 9.54. The van der Waals surface area contributed by atoms with Gasteiger partial charge in [0.25, 0.3) is 0 Å². The molecule has 4 aliphatic carbocycles. The molecule has 6 aliphatic rings. The third-order valence-corrected chi connectivity index (χ3v) is 8.15. The summed E-state index contributed by atoms with van der Waals surface area (Å²) in [6.07, 6.45) is 11.9. The molecule has 4 saturated carbocycles. The molecule has 2 heterocycles. The summed E-state index contributed by atoms with van der Waals surface area (Å²) in [7, 11) is 0. The van der Waals surface area contributed by atoms with Gasteiger partial charge in [0.15, 0.2) is 0 Å². The number of nitrogens with one attached hydrogen (secondary N) is 2. The lowest BCUT2D eigenvalue weighted by Crippen LogP contribution is -2.58. The zero-order chi connectivity index (χ0) is 16.8. The van der Waals surface area contributed by atoms with Crippen molar-refractivity contribution in [2.45, 2.75) is 69.9 Å².